The Morgan fingerprint density at radius 2 is 2.11 bits per heavy atom. The normalized spacial score (nSPS) is 23.9. The van der Waals surface area contributed by atoms with Gasteiger partial charge >= 0.3 is 0 Å². The quantitative estimate of drug-likeness (QED) is 0.792. The SMILES string of the molecule is Cc1nnc(N2CCC(C(=O)N3CCOCC3)C2)s1. The average molecular weight is 282 g/mol. The molecule has 1 unspecified atom stereocenters. The molecule has 1 aromatic rings. The molecule has 0 aromatic carbocycles. The van der Waals surface area contributed by atoms with E-state index in [1.165, 1.54) is 0 Å². The van der Waals surface area contributed by atoms with Crippen molar-refractivity contribution in [1.29, 1.82) is 0 Å². The average Bonchev–Trinajstić information content (AvgIpc) is 3.07. The molecular weight excluding hydrogens is 264 g/mol. The number of amides is 1. The van der Waals surface area contributed by atoms with E-state index in [4.69, 9.17) is 4.74 Å². The summed E-state index contributed by atoms with van der Waals surface area (Å²) in [6, 6.07) is 0. The first-order valence-corrected chi connectivity index (χ1v) is 7.47. The second-order valence-corrected chi connectivity index (χ2v) is 6.13. The molecule has 104 valence electrons. The van der Waals surface area contributed by atoms with Crippen molar-refractivity contribution < 1.29 is 9.53 Å². The van der Waals surface area contributed by atoms with Crippen LogP contribution in [0.3, 0.4) is 0 Å². The van der Waals surface area contributed by atoms with Gasteiger partial charge < -0.3 is 14.5 Å². The molecule has 1 aromatic heterocycles. The Hall–Kier alpha value is -1.21. The molecule has 3 heterocycles. The van der Waals surface area contributed by atoms with Gasteiger partial charge in [-0.25, -0.2) is 0 Å². The summed E-state index contributed by atoms with van der Waals surface area (Å²) >= 11 is 1.59. The van der Waals surface area contributed by atoms with E-state index in [9.17, 15) is 4.79 Å². The molecule has 2 fully saturated rings. The lowest BCUT2D eigenvalue weighted by Crippen LogP contribution is -2.44. The Balaban J connectivity index is 1.60. The third-order valence-electron chi connectivity index (χ3n) is 3.65. The maximum atomic E-state index is 12.4. The van der Waals surface area contributed by atoms with Gasteiger partial charge in [-0.1, -0.05) is 11.3 Å². The van der Waals surface area contributed by atoms with E-state index in [-0.39, 0.29) is 11.8 Å². The van der Waals surface area contributed by atoms with Crippen LogP contribution in [-0.2, 0) is 9.53 Å². The number of aryl methyl sites for hydroxylation is 1. The number of nitrogens with zero attached hydrogens (tertiary/aromatic N) is 4. The van der Waals surface area contributed by atoms with Crippen LogP contribution in [0.1, 0.15) is 11.4 Å². The topological polar surface area (TPSA) is 58.6 Å². The van der Waals surface area contributed by atoms with E-state index in [0.29, 0.717) is 13.2 Å². The number of ether oxygens (including phenoxy) is 1. The third kappa shape index (κ3) is 2.71. The number of anilines is 1. The molecule has 3 rings (SSSR count). The molecule has 0 bridgehead atoms. The van der Waals surface area contributed by atoms with Crippen molar-refractivity contribution in [3.8, 4) is 0 Å². The zero-order chi connectivity index (χ0) is 13.2. The molecule has 0 radical (unpaired) electrons. The highest BCUT2D eigenvalue weighted by Crippen LogP contribution is 2.27. The fourth-order valence-electron chi connectivity index (χ4n) is 2.59. The molecule has 2 saturated heterocycles. The summed E-state index contributed by atoms with van der Waals surface area (Å²) in [5.41, 5.74) is 0. The first kappa shape index (κ1) is 12.8. The highest BCUT2D eigenvalue weighted by atomic mass is 32.1. The van der Waals surface area contributed by atoms with E-state index < -0.39 is 0 Å². The van der Waals surface area contributed by atoms with Gasteiger partial charge in [-0.3, -0.25) is 4.79 Å². The molecule has 0 N–H and O–H groups in total. The molecule has 6 nitrogen and oxygen atoms in total. The van der Waals surface area contributed by atoms with Crippen LogP contribution in [0.5, 0.6) is 0 Å². The molecular formula is C12H18N4O2S. The van der Waals surface area contributed by atoms with Crippen LogP contribution in [0.2, 0.25) is 0 Å². The smallest absolute Gasteiger partial charge is 0.227 e. The first-order chi connectivity index (χ1) is 9.24. The summed E-state index contributed by atoms with van der Waals surface area (Å²) in [5.74, 6) is 0.370. The van der Waals surface area contributed by atoms with E-state index in [1.54, 1.807) is 11.3 Å². The van der Waals surface area contributed by atoms with Crippen LogP contribution in [0.15, 0.2) is 0 Å². The lowest BCUT2D eigenvalue weighted by Gasteiger charge is -2.29. The number of rotatable bonds is 2. The molecule has 2 aliphatic rings. The van der Waals surface area contributed by atoms with E-state index in [0.717, 1.165) is 42.7 Å². The molecule has 0 saturated carbocycles. The zero-order valence-corrected chi connectivity index (χ0v) is 11.9. The monoisotopic (exact) mass is 282 g/mol. The van der Waals surface area contributed by atoms with Gasteiger partial charge in [-0.2, -0.15) is 0 Å². The van der Waals surface area contributed by atoms with E-state index >= 15 is 0 Å². The summed E-state index contributed by atoms with van der Waals surface area (Å²) < 4.78 is 5.28. The molecule has 0 aliphatic carbocycles. The Bertz CT molecular complexity index is 458. The molecule has 1 amide bonds. The number of carbonyl (C=O) groups excluding carboxylic acids is 1. The highest BCUT2D eigenvalue weighted by molar-refractivity contribution is 7.15. The van der Waals surface area contributed by atoms with Gasteiger partial charge in [0.25, 0.3) is 0 Å². The summed E-state index contributed by atoms with van der Waals surface area (Å²) in [6.45, 7) is 6.41. The van der Waals surface area contributed by atoms with Crippen molar-refractivity contribution in [3.63, 3.8) is 0 Å². The minimum absolute atomic E-state index is 0.0994. The van der Waals surface area contributed by atoms with E-state index in [1.807, 2.05) is 11.8 Å². The second kappa shape index (κ2) is 5.42. The molecule has 2 aliphatic heterocycles. The standard InChI is InChI=1S/C12H18N4O2S/c1-9-13-14-12(19-9)16-3-2-10(8-16)11(17)15-4-6-18-7-5-15/h10H,2-8H2,1H3. The minimum Gasteiger partial charge on any atom is -0.378 e. The summed E-state index contributed by atoms with van der Waals surface area (Å²) in [4.78, 5) is 16.5. The third-order valence-corrected chi connectivity index (χ3v) is 4.55. The van der Waals surface area contributed by atoms with Gasteiger partial charge in [0.15, 0.2) is 0 Å². The predicted octanol–water partition coefficient (Wildman–Crippen LogP) is 0.532. The van der Waals surface area contributed by atoms with Gasteiger partial charge in [-0.15, -0.1) is 10.2 Å². The molecule has 0 spiro atoms. The fourth-order valence-corrected chi connectivity index (χ4v) is 3.31. The van der Waals surface area contributed by atoms with Gasteiger partial charge in [-0.05, 0) is 13.3 Å². The van der Waals surface area contributed by atoms with Crippen molar-refractivity contribution in [1.82, 2.24) is 15.1 Å². The minimum atomic E-state index is 0.0994. The van der Waals surface area contributed by atoms with Crippen LogP contribution >= 0.6 is 11.3 Å². The maximum absolute atomic E-state index is 12.4. The first-order valence-electron chi connectivity index (χ1n) is 6.65. The molecule has 1 atom stereocenters. The number of hydrogen-bond donors (Lipinski definition) is 0. The van der Waals surface area contributed by atoms with Crippen LogP contribution < -0.4 is 4.90 Å². The summed E-state index contributed by atoms with van der Waals surface area (Å²) in [6.07, 6.45) is 0.912. The Morgan fingerprint density at radius 1 is 1.32 bits per heavy atom. The highest BCUT2D eigenvalue weighted by Gasteiger charge is 2.33. The van der Waals surface area contributed by atoms with Crippen molar-refractivity contribution in [3.05, 3.63) is 5.01 Å². The van der Waals surface area contributed by atoms with Gasteiger partial charge in [0.05, 0.1) is 19.1 Å². The van der Waals surface area contributed by atoms with Crippen LogP contribution in [0, 0.1) is 12.8 Å². The van der Waals surface area contributed by atoms with Crippen molar-refractivity contribution in [2.45, 2.75) is 13.3 Å². The van der Waals surface area contributed by atoms with Crippen molar-refractivity contribution >= 4 is 22.4 Å². The molecule has 19 heavy (non-hydrogen) atoms. The number of morpholine rings is 1. The van der Waals surface area contributed by atoms with Crippen molar-refractivity contribution in [2.75, 3.05) is 44.3 Å². The number of hydrogen-bond acceptors (Lipinski definition) is 6. The fraction of sp³-hybridized carbons (Fsp3) is 0.750. The van der Waals surface area contributed by atoms with Crippen molar-refractivity contribution in [2.24, 2.45) is 5.92 Å². The lowest BCUT2D eigenvalue weighted by atomic mass is 10.1. The largest absolute Gasteiger partial charge is 0.378 e. The van der Waals surface area contributed by atoms with Gasteiger partial charge in [0, 0.05) is 26.2 Å². The van der Waals surface area contributed by atoms with Crippen LogP contribution in [0.4, 0.5) is 5.13 Å². The predicted molar refractivity (Wildman–Crippen MR) is 72.4 cm³/mol. The summed E-state index contributed by atoms with van der Waals surface area (Å²) in [5, 5.41) is 10.1. The number of carbonyl (C=O) groups is 1. The number of aromatic nitrogens is 2. The van der Waals surface area contributed by atoms with E-state index in [2.05, 4.69) is 15.1 Å². The maximum Gasteiger partial charge on any atom is 0.227 e. The van der Waals surface area contributed by atoms with Crippen LogP contribution in [0.25, 0.3) is 0 Å². The Morgan fingerprint density at radius 3 is 2.79 bits per heavy atom. The lowest BCUT2D eigenvalue weighted by molar-refractivity contribution is -0.138. The Labute approximate surface area is 116 Å². The molecule has 7 heteroatoms. The summed E-state index contributed by atoms with van der Waals surface area (Å²) in [7, 11) is 0. The van der Waals surface area contributed by atoms with Gasteiger partial charge in [0.2, 0.25) is 11.0 Å². The zero-order valence-electron chi connectivity index (χ0n) is 11.0. The van der Waals surface area contributed by atoms with Gasteiger partial charge in [0.1, 0.15) is 5.01 Å². The Kier molecular flexibility index (Phi) is 3.65. The van der Waals surface area contributed by atoms with Crippen LogP contribution in [-0.4, -0.2) is 60.4 Å². The second-order valence-electron chi connectivity index (χ2n) is 4.97.